The molecule has 148 valence electrons. The highest BCUT2D eigenvalue weighted by atomic mass is 35.5. The Morgan fingerprint density at radius 3 is 2.86 bits per heavy atom. The Morgan fingerprint density at radius 1 is 1.43 bits per heavy atom. The van der Waals surface area contributed by atoms with E-state index in [1.54, 1.807) is 6.08 Å². The van der Waals surface area contributed by atoms with E-state index < -0.39 is 4.92 Å². The van der Waals surface area contributed by atoms with Crippen molar-refractivity contribution in [3.8, 4) is 0 Å². The Kier molecular flexibility index (Phi) is 6.69. The Hall–Kier alpha value is -2.39. The minimum Gasteiger partial charge on any atom is -0.325 e. The molecule has 0 bridgehead atoms. The normalized spacial score (nSPS) is 14.2. The lowest BCUT2D eigenvalue weighted by Crippen LogP contribution is -2.15. The largest absolute Gasteiger partial charge is 0.325 e. The quantitative estimate of drug-likeness (QED) is 0.293. The number of amides is 1. The number of nitro benzene ring substituents is 1. The summed E-state index contributed by atoms with van der Waals surface area (Å²) in [7, 11) is 0. The molecule has 10 heteroatoms. The van der Waals surface area contributed by atoms with E-state index in [1.807, 2.05) is 4.57 Å². The maximum absolute atomic E-state index is 12.3. The van der Waals surface area contributed by atoms with Crippen molar-refractivity contribution in [2.45, 2.75) is 43.3 Å². The third kappa shape index (κ3) is 4.71. The number of carbonyl (C=O) groups is 1. The lowest BCUT2D eigenvalue weighted by atomic mass is 10.1. The second-order valence-electron chi connectivity index (χ2n) is 6.48. The van der Waals surface area contributed by atoms with Crippen LogP contribution in [0.2, 0.25) is 5.02 Å². The van der Waals surface area contributed by atoms with Gasteiger partial charge in [-0.05, 0) is 25.0 Å². The monoisotopic (exact) mass is 421 g/mol. The van der Waals surface area contributed by atoms with Gasteiger partial charge in [0.1, 0.15) is 10.8 Å². The number of thioether (sulfide) groups is 1. The number of aromatic nitrogens is 3. The van der Waals surface area contributed by atoms with Gasteiger partial charge >= 0.3 is 0 Å². The highest BCUT2D eigenvalue weighted by Crippen LogP contribution is 2.34. The SMILES string of the molecule is C=CCn1c(SCC(=O)Nc2ccc(Cl)c([N+](=O)[O-])c2)nnc1C1CCCC1. The van der Waals surface area contributed by atoms with Crippen LogP contribution in [0.15, 0.2) is 36.0 Å². The number of carbonyl (C=O) groups excluding carboxylic acids is 1. The minimum atomic E-state index is -0.588. The maximum atomic E-state index is 12.3. The fourth-order valence-corrected chi connectivity index (χ4v) is 4.19. The van der Waals surface area contributed by atoms with Gasteiger partial charge in [-0.2, -0.15) is 0 Å². The molecule has 2 aromatic rings. The van der Waals surface area contributed by atoms with Gasteiger partial charge in [0, 0.05) is 24.2 Å². The molecule has 1 saturated carbocycles. The van der Waals surface area contributed by atoms with Crippen LogP contribution in [0.5, 0.6) is 0 Å². The van der Waals surface area contributed by atoms with Crippen LogP contribution in [0.1, 0.15) is 37.4 Å². The molecule has 1 N–H and O–H groups in total. The summed E-state index contributed by atoms with van der Waals surface area (Å²) >= 11 is 7.06. The lowest BCUT2D eigenvalue weighted by Gasteiger charge is -2.12. The molecular formula is C18H20ClN5O3S. The zero-order valence-corrected chi connectivity index (χ0v) is 16.7. The Bertz CT molecular complexity index is 895. The molecule has 28 heavy (non-hydrogen) atoms. The molecule has 1 aromatic carbocycles. The number of nitrogens with zero attached hydrogens (tertiary/aromatic N) is 4. The van der Waals surface area contributed by atoms with Gasteiger partial charge in [0.15, 0.2) is 5.16 Å². The summed E-state index contributed by atoms with van der Waals surface area (Å²) in [5.74, 6) is 1.17. The second kappa shape index (κ2) is 9.20. The number of nitrogens with one attached hydrogen (secondary N) is 1. The molecule has 0 unspecified atom stereocenters. The first-order chi connectivity index (χ1) is 13.5. The zero-order chi connectivity index (χ0) is 20.1. The van der Waals surface area contributed by atoms with Crippen molar-refractivity contribution in [2.75, 3.05) is 11.1 Å². The number of anilines is 1. The van der Waals surface area contributed by atoms with Crippen molar-refractivity contribution in [1.82, 2.24) is 14.8 Å². The summed E-state index contributed by atoms with van der Waals surface area (Å²) in [4.78, 5) is 22.6. The van der Waals surface area contributed by atoms with Crippen LogP contribution in [-0.2, 0) is 11.3 Å². The Balaban J connectivity index is 1.65. The van der Waals surface area contributed by atoms with Gasteiger partial charge in [-0.25, -0.2) is 0 Å². The standard InChI is InChI=1S/C18H20ClN5O3S/c1-2-9-23-17(12-5-3-4-6-12)21-22-18(23)28-11-16(25)20-13-7-8-14(19)15(10-13)24(26)27/h2,7-8,10,12H,1,3-6,9,11H2,(H,20,25). The first-order valence-corrected chi connectivity index (χ1v) is 10.3. The number of nitro groups is 1. The van der Waals surface area contributed by atoms with E-state index in [-0.39, 0.29) is 22.4 Å². The van der Waals surface area contributed by atoms with Crippen molar-refractivity contribution in [2.24, 2.45) is 0 Å². The van der Waals surface area contributed by atoms with Crippen molar-refractivity contribution in [3.63, 3.8) is 0 Å². The molecule has 3 rings (SSSR count). The highest BCUT2D eigenvalue weighted by Gasteiger charge is 2.24. The number of benzene rings is 1. The van der Waals surface area contributed by atoms with Crippen molar-refractivity contribution < 1.29 is 9.72 Å². The molecular weight excluding hydrogens is 402 g/mol. The molecule has 1 amide bonds. The van der Waals surface area contributed by atoms with Gasteiger partial charge in [0.2, 0.25) is 5.91 Å². The summed E-state index contributed by atoms with van der Waals surface area (Å²) in [6.45, 7) is 4.38. The van der Waals surface area contributed by atoms with Gasteiger partial charge in [-0.3, -0.25) is 14.9 Å². The summed E-state index contributed by atoms with van der Waals surface area (Å²) in [6.07, 6.45) is 6.40. The van der Waals surface area contributed by atoms with E-state index in [2.05, 4.69) is 22.1 Å². The molecule has 8 nitrogen and oxygen atoms in total. The molecule has 1 heterocycles. The molecule has 1 aliphatic carbocycles. The first-order valence-electron chi connectivity index (χ1n) is 8.90. The van der Waals surface area contributed by atoms with Crippen LogP contribution < -0.4 is 5.32 Å². The van der Waals surface area contributed by atoms with E-state index in [0.29, 0.717) is 23.3 Å². The van der Waals surface area contributed by atoms with Gasteiger partial charge in [0.25, 0.3) is 5.69 Å². The van der Waals surface area contributed by atoms with Crippen molar-refractivity contribution >= 4 is 40.6 Å². The zero-order valence-electron chi connectivity index (χ0n) is 15.1. The van der Waals surface area contributed by atoms with Gasteiger partial charge < -0.3 is 9.88 Å². The van der Waals surface area contributed by atoms with E-state index in [9.17, 15) is 14.9 Å². The predicted molar refractivity (Wildman–Crippen MR) is 109 cm³/mol. The number of rotatable bonds is 8. The molecule has 0 radical (unpaired) electrons. The summed E-state index contributed by atoms with van der Waals surface area (Å²) in [5.41, 5.74) is 0.0694. The van der Waals surface area contributed by atoms with Gasteiger partial charge in [-0.1, -0.05) is 42.3 Å². The first kappa shape index (κ1) is 20.3. The van der Waals surface area contributed by atoms with Crippen LogP contribution in [0.3, 0.4) is 0 Å². The van der Waals surface area contributed by atoms with Crippen LogP contribution in [-0.4, -0.2) is 31.3 Å². The van der Waals surface area contributed by atoms with E-state index in [4.69, 9.17) is 11.6 Å². The number of allylic oxidation sites excluding steroid dienone is 1. The van der Waals surface area contributed by atoms with Crippen LogP contribution in [0, 0.1) is 10.1 Å². The molecule has 0 aliphatic heterocycles. The highest BCUT2D eigenvalue weighted by molar-refractivity contribution is 7.99. The van der Waals surface area contributed by atoms with Crippen LogP contribution in [0.4, 0.5) is 11.4 Å². The van der Waals surface area contributed by atoms with Crippen molar-refractivity contribution in [1.29, 1.82) is 0 Å². The van der Waals surface area contributed by atoms with Gasteiger partial charge in [0.05, 0.1) is 10.7 Å². The predicted octanol–water partition coefficient (Wildman–Crippen LogP) is 4.41. The fraction of sp³-hybridized carbons (Fsp3) is 0.389. The Labute approximate surface area is 171 Å². The molecule has 1 fully saturated rings. The van der Waals surface area contributed by atoms with E-state index in [1.165, 1.54) is 42.8 Å². The molecule has 1 aliphatic rings. The molecule has 0 atom stereocenters. The average molecular weight is 422 g/mol. The van der Waals surface area contributed by atoms with E-state index >= 15 is 0 Å². The molecule has 1 aromatic heterocycles. The third-order valence-corrected chi connectivity index (χ3v) is 5.82. The number of hydrogen-bond acceptors (Lipinski definition) is 6. The smallest absolute Gasteiger partial charge is 0.289 e. The summed E-state index contributed by atoms with van der Waals surface area (Å²) < 4.78 is 2.01. The average Bonchev–Trinajstić information content (AvgIpc) is 3.31. The van der Waals surface area contributed by atoms with Gasteiger partial charge in [-0.15, -0.1) is 16.8 Å². The summed E-state index contributed by atoms with van der Waals surface area (Å²) in [6, 6.07) is 4.15. The second-order valence-corrected chi connectivity index (χ2v) is 7.83. The van der Waals surface area contributed by atoms with Crippen LogP contribution in [0.25, 0.3) is 0 Å². The third-order valence-electron chi connectivity index (χ3n) is 4.54. The van der Waals surface area contributed by atoms with Crippen LogP contribution >= 0.6 is 23.4 Å². The topological polar surface area (TPSA) is 103 Å². The molecule has 0 spiro atoms. The number of hydrogen-bond donors (Lipinski definition) is 1. The number of halogens is 1. The summed E-state index contributed by atoms with van der Waals surface area (Å²) in [5, 5.41) is 22.9. The fourth-order valence-electron chi connectivity index (χ4n) is 3.25. The Morgan fingerprint density at radius 2 is 2.18 bits per heavy atom. The maximum Gasteiger partial charge on any atom is 0.289 e. The molecule has 0 saturated heterocycles. The lowest BCUT2D eigenvalue weighted by molar-refractivity contribution is -0.384. The van der Waals surface area contributed by atoms with Crippen molar-refractivity contribution in [3.05, 3.63) is 51.8 Å². The minimum absolute atomic E-state index is 0.0225. The van der Waals surface area contributed by atoms with E-state index in [0.717, 1.165) is 18.7 Å².